The molecule has 0 atom stereocenters. The molecular weight excluding hydrogens is 460 g/mol. The molecule has 0 radical (unpaired) electrons. The van der Waals surface area contributed by atoms with Crippen LogP contribution in [0.4, 0.5) is 17.6 Å². The quantitative estimate of drug-likeness (QED) is 0.0457. The topological polar surface area (TPSA) is 47.9 Å². The summed E-state index contributed by atoms with van der Waals surface area (Å²) in [6, 6.07) is 0. The molecule has 0 bridgehead atoms. The molecule has 1 rings (SSSR count). The first-order valence-electron chi connectivity index (χ1n) is 12.2. The molecule has 192 valence electrons. The monoisotopic (exact) mass is 498 g/mol. The number of hydrogen-bond acceptors (Lipinski definition) is 5. The summed E-state index contributed by atoms with van der Waals surface area (Å²) in [7, 11) is 0. The molecule has 33 heavy (non-hydrogen) atoms. The van der Waals surface area contributed by atoms with Crippen molar-refractivity contribution in [3.63, 3.8) is 0 Å². The lowest BCUT2D eigenvalue weighted by Gasteiger charge is -2.12. The number of unbranched alkanes of at least 4 members (excludes halogenated alkanes) is 15. The summed E-state index contributed by atoms with van der Waals surface area (Å²) in [6.45, 7) is 2.19. The highest BCUT2D eigenvalue weighted by molar-refractivity contribution is 7.94. The summed E-state index contributed by atoms with van der Waals surface area (Å²) in [4.78, 5) is -1.12. The Balaban J connectivity index is 2.07. The third-order valence-electron chi connectivity index (χ3n) is 5.57. The third kappa shape index (κ3) is 12.3. The van der Waals surface area contributed by atoms with Crippen molar-refractivity contribution in [3.05, 3.63) is 23.3 Å². The van der Waals surface area contributed by atoms with E-state index in [9.17, 15) is 17.6 Å². The molecule has 0 fully saturated rings. The van der Waals surface area contributed by atoms with Gasteiger partial charge < -0.3 is 4.74 Å². The Bertz CT molecular complexity index is 620. The van der Waals surface area contributed by atoms with Crippen molar-refractivity contribution in [2.45, 2.75) is 115 Å². The van der Waals surface area contributed by atoms with Crippen molar-refractivity contribution in [3.8, 4) is 5.75 Å². The fourth-order valence-corrected chi connectivity index (χ4v) is 4.09. The minimum atomic E-state index is -1.68. The van der Waals surface area contributed by atoms with Gasteiger partial charge in [-0.1, -0.05) is 108 Å². The summed E-state index contributed by atoms with van der Waals surface area (Å²) < 4.78 is 64.4. The fourth-order valence-electron chi connectivity index (χ4n) is 3.66. The zero-order valence-corrected chi connectivity index (χ0v) is 20.4. The normalized spacial score (nSPS) is 11.3. The minimum Gasteiger partial charge on any atom is -0.487 e. The lowest BCUT2D eigenvalue weighted by Crippen LogP contribution is -2.07. The molecule has 4 nitrogen and oxygen atoms in total. The van der Waals surface area contributed by atoms with Crippen LogP contribution in [-0.4, -0.2) is 11.9 Å². The van der Waals surface area contributed by atoms with Crippen LogP contribution in [0, 0.1) is 23.3 Å². The Morgan fingerprint density at radius 2 is 1.00 bits per heavy atom. The molecule has 0 aromatic heterocycles. The van der Waals surface area contributed by atoms with Gasteiger partial charge >= 0.3 is 0 Å². The molecule has 0 unspecified atom stereocenters. The van der Waals surface area contributed by atoms with E-state index in [0.717, 1.165) is 25.7 Å². The van der Waals surface area contributed by atoms with E-state index in [0.29, 0.717) is 6.42 Å². The summed E-state index contributed by atoms with van der Waals surface area (Å²) in [6.07, 6.45) is 19.1. The molecule has 0 aliphatic heterocycles. The highest BCUT2D eigenvalue weighted by Crippen LogP contribution is 2.35. The molecule has 0 aliphatic carbocycles. The Morgan fingerprint density at radius 1 is 0.606 bits per heavy atom. The first-order chi connectivity index (χ1) is 16.0. The highest BCUT2D eigenvalue weighted by Gasteiger charge is 2.28. The average molecular weight is 499 g/mol. The van der Waals surface area contributed by atoms with E-state index in [1.165, 1.54) is 70.6 Å². The molecule has 0 saturated heterocycles. The summed E-state index contributed by atoms with van der Waals surface area (Å²) >= 11 is -0.196. The van der Waals surface area contributed by atoms with Crippen molar-refractivity contribution in [2.75, 3.05) is 6.61 Å². The highest BCUT2D eigenvalue weighted by atomic mass is 32.2. The molecule has 0 spiro atoms. The number of benzene rings is 1. The van der Waals surface area contributed by atoms with Gasteiger partial charge in [-0.3, -0.25) is 0 Å². The van der Waals surface area contributed by atoms with Crippen molar-refractivity contribution in [2.24, 2.45) is 0 Å². The number of rotatable bonds is 21. The van der Waals surface area contributed by atoms with Crippen molar-refractivity contribution < 1.29 is 36.9 Å². The third-order valence-corrected chi connectivity index (χ3v) is 6.23. The Kier molecular flexibility index (Phi) is 17.5. The summed E-state index contributed by atoms with van der Waals surface area (Å²) in [5.74, 6) is -7.78. The Hall–Kier alpha value is -1.03. The van der Waals surface area contributed by atoms with E-state index >= 15 is 0 Å². The van der Waals surface area contributed by atoms with E-state index in [1.54, 1.807) is 0 Å². The zero-order chi connectivity index (χ0) is 24.3. The second-order valence-electron chi connectivity index (χ2n) is 8.29. The van der Waals surface area contributed by atoms with Crippen LogP contribution in [0.15, 0.2) is 4.90 Å². The van der Waals surface area contributed by atoms with Crippen LogP contribution >= 0.6 is 12.0 Å². The van der Waals surface area contributed by atoms with E-state index in [-0.39, 0.29) is 18.6 Å². The van der Waals surface area contributed by atoms with Crippen molar-refractivity contribution in [1.29, 1.82) is 0 Å². The van der Waals surface area contributed by atoms with Gasteiger partial charge in [0.25, 0.3) is 0 Å². The second-order valence-corrected chi connectivity index (χ2v) is 9.00. The van der Waals surface area contributed by atoms with Gasteiger partial charge in [0.15, 0.2) is 17.4 Å². The maximum absolute atomic E-state index is 14.0. The number of halogens is 4. The standard InChI is InChI=1S/C24H38F4O4S/c1-2-3-4-5-6-7-8-9-10-11-12-13-14-15-16-17-18-30-23-19(25)21(27)24(33-32-31-29)22(28)20(23)26/h29H,2-18H2,1H3. The number of ether oxygens (including phenoxy) is 1. The Morgan fingerprint density at radius 3 is 1.39 bits per heavy atom. The van der Waals surface area contributed by atoms with Gasteiger partial charge in [0, 0.05) is 0 Å². The largest absolute Gasteiger partial charge is 0.487 e. The van der Waals surface area contributed by atoms with E-state index in [4.69, 9.17) is 9.99 Å². The molecular formula is C24H38F4O4S. The van der Waals surface area contributed by atoms with Crippen LogP contribution in [-0.2, 0) is 9.37 Å². The smallest absolute Gasteiger partial charge is 0.205 e. The van der Waals surface area contributed by atoms with Crippen molar-refractivity contribution >= 4 is 12.0 Å². The van der Waals surface area contributed by atoms with Gasteiger partial charge in [0.2, 0.25) is 11.6 Å². The SMILES string of the molecule is CCCCCCCCCCCCCCCCCCOc1c(F)c(F)c(SOOO)c(F)c1F. The average Bonchev–Trinajstić information content (AvgIpc) is 2.81. The summed E-state index contributed by atoms with van der Waals surface area (Å²) in [5, 5.41) is 11.2. The lowest BCUT2D eigenvalue weighted by molar-refractivity contribution is -0.432. The molecule has 1 aromatic carbocycles. The van der Waals surface area contributed by atoms with Crippen LogP contribution in [0.2, 0.25) is 0 Å². The summed E-state index contributed by atoms with van der Waals surface area (Å²) in [5.41, 5.74) is 0. The van der Waals surface area contributed by atoms with Gasteiger partial charge in [-0.25, -0.2) is 14.0 Å². The van der Waals surface area contributed by atoms with Crippen molar-refractivity contribution in [1.82, 2.24) is 0 Å². The maximum atomic E-state index is 14.0. The first-order valence-corrected chi connectivity index (χ1v) is 12.9. The predicted octanol–water partition coefficient (Wildman–Crippen LogP) is 9.31. The molecule has 9 heteroatoms. The van der Waals surface area contributed by atoms with E-state index in [1.807, 2.05) is 0 Å². The molecule has 1 aromatic rings. The minimum absolute atomic E-state index is 0.0477. The molecule has 0 heterocycles. The predicted molar refractivity (Wildman–Crippen MR) is 122 cm³/mol. The van der Waals surface area contributed by atoms with Crippen LogP contribution < -0.4 is 4.74 Å². The molecule has 0 aliphatic rings. The van der Waals surface area contributed by atoms with Crippen LogP contribution in [0.3, 0.4) is 0 Å². The van der Waals surface area contributed by atoms with Gasteiger partial charge in [-0.15, -0.1) is 4.33 Å². The molecule has 0 saturated carbocycles. The molecule has 0 amide bonds. The molecule has 1 N–H and O–H groups in total. The second kappa shape index (κ2) is 19.3. The van der Waals surface area contributed by atoms with Crippen LogP contribution in [0.25, 0.3) is 0 Å². The van der Waals surface area contributed by atoms with Gasteiger partial charge in [0.05, 0.1) is 18.6 Å². The number of hydrogen-bond donors (Lipinski definition) is 1. The maximum Gasteiger partial charge on any atom is 0.205 e. The zero-order valence-electron chi connectivity index (χ0n) is 19.6. The van der Waals surface area contributed by atoms with Gasteiger partial charge in [-0.2, -0.15) is 8.78 Å². The first kappa shape index (κ1) is 30.0. The van der Waals surface area contributed by atoms with Crippen LogP contribution in [0.5, 0.6) is 5.75 Å². The van der Waals surface area contributed by atoms with Crippen LogP contribution in [0.1, 0.15) is 110 Å². The van der Waals surface area contributed by atoms with E-state index in [2.05, 4.69) is 16.3 Å². The Labute approximate surface area is 199 Å². The lowest BCUT2D eigenvalue weighted by atomic mass is 10.0. The van der Waals surface area contributed by atoms with E-state index < -0.39 is 33.9 Å². The van der Waals surface area contributed by atoms with Gasteiger partial charge in [-0.05, 0) is 6.42 Å². The van der Waals surface area contributed by atoms with Gasteiger partial charge in [0.1, 0.15) is 4.90 Å². The fraction of sp³-hybridized carbons (Fsp3) is 0.750.